The molecule has 0 aliphatic carbocycles. The van der Waals surface area contributed by atoms with Crippen molar-refractivity contribution in [2.24, 2.45) is 0 Å². The average Bonchev–Trinajstić information content (AvgIpc) is 2.58. The standard InChI is InChI=1S/C12H16FNO2/c1-12(16)2-3-14(8-12)11-5-9(7-15)4-10(13)6-11/h4-6,15-16H,2-3,7-8H2,1H3. The van der Waals surface area contributed by atoms with Gasteiger partial charge in [-0.1, -0.05) is 0 Å². The van der Waals surface area contributed by atoms with Crippen molar-refractivity contribution in [3.8, 4) is 0 Å². The molecule has 1 aromatic rings. The molecule has 88 valence electrons. The lowest BCUT2D eigenvalue weighted by Crippen LogP contribution is -2.29. The van der Waals surface area contributed by atoms with Crippen LogP contribution in [0.15, 0.2) is 18.2 Å². The van der Waals surface area contributed by atoms with Crippen molar-refractivity contribution in [3.63, 3.8) is 0 Å². The summed E-state index contributed by atoms with van der Waals surface area (Å²) in [6, 6.07) is 4.50. The number of halogens is 1. The van der Waals surface area contributed by atoms with Gasteiger partial charge < -0.3 is 15.1 Å². The largest absolute Gasteiger partial charge is 0.392 e. The normalized spacial score (nSPS) is 25.1. The van der Waals surface area contributed by atoms with Crippen LogP contribution in [0.2, 0.25) is 0 Å². The first-order valence-corrected chi connectivity index (χ1v) is 5.38. The SMILES string of the molecule is CC1(O)CCN(c2cc(F)cc(CO)c2)C1. The fourth-order valence-corrected chi connectivity index (χ4v) is 2.07. The molecule has 1 saturated heterocycles. The molecule has 0 bridgehead atoms. The van der Waals surface area contributed by atoms with Crippen molar-refractivity contribution >= 4 is 5.69 Å². The molecule has 1 aliphatic rings. The molecular formula is C12H16FNO2. The maximum absolute atomic E-state index is 13.3. The summed E-state index contributed by atoms with van der Waals surface area (Å²) < 4.78 is 13.3. The Labute approximate surface area is 94.1 Å². The van der Waals surface area contributed by atoms with Gasteiger partial charge in [-0.3, -0.25) is 0 Å². The van der Waals surface area contributed by atoms with Gasteiger partial charge in [0.25, 0.3) is 0 Å². The van der Waals surface area contributed by atoms with Crippen LogP contribution in [-0.4, -0.2) is 28.9 Å². The monoisotopic (exact) mass is 225 g/mol. The van der Waals surface area contributed by atoms with E-state index in [9.17, 15) is 9.50 Å². The third-order valence-corrected chi connectivity index (χ3v) is 2.94. The zero-order chi connectivity index (χ0) is 11.8. The van der Waals surface area contributed by atoms with E-state index in [0.717, 1.165) is 5.69 Å². The Balaban J connectivity index is 2.24. The van der Waals surface area contributed by atoms with Crippen LogP contribution in [-0.2, 0) is 6.61 Å². The topological polar surface area (TPSA) is 43.7 Å². The summed E-state index contributed by atoms with van der Waals surface area (Å²) >= 11 is 0. The van der Waals surface area contributed by atoms with Gasteiger partial charge >= 0.3 is 0 Å². The molecule has 1 heterocycles. The zero-order valence-electron chi connectivity index (χ0n) is 9.28. The lowest BCUT2D eigenvalue weighted by atomic mass is 10.1. The van der Waals surface area contributed by atoms with Crippen LogP contribution >= 0.6 is 0 Å². The Hall–Kier alpha value is -1.13. The number of aliphatic hydroxyl groups excluding tert-OH is 1. The van der Waals surface area contributed by atoms with Crippen LogP contribution in [0.1, 0.15) is 18.9 Å². The molecule has 0 amide bonds. The van der Waals surface area contributed by atoms with E-state index >= 15 is 0 Å². The Morgan fingerprint density at radius 2 is 2.19 bits per heavy atom. The van der Waals surface area contributed by atoms with E-state index in [-0.39, 0.29) is 12.4 Å². The molecule has 2 rings (SSSR count). The molecule has 4 heteroatoms. The van der Waals surface area contributed by atoms with Crippen LogP contribution in [0, 0.1) is 5.82 Å². The van der Waals surface area contributed by atoms with Gasteiger partial charge in [-0.25, -0.2) is 4.39 Å². The highest BCUT2D eigenvalue weighted by molar-refractivity contribution is 5.50. The van der Waals surface area contributed by atoms with Crippen molar-refractivity contribution < 1.29 is 14.6 Å². The summed E-state index contributed by atoms with van der Waals surface area (Å²) in [5, 5.41) is 18.8. The fraction of sp³-hybridized carbons (Fsp3) is 0.500. The van der Waals surface area contributed by atoms with Gasteiger partial charge in [0.2, 0.25) is 0 Å². The number of nitrogens with zero attached hydrogens (tertiary/aromatic N) is 1. The van der Waals surface area contributed by atoms with Gasteiger partial charge in [0.15, 0.2) is 0 Å². The van der Waals surface area contributed by atoms with Crippen molar-refractivity contribution in [1.82, 2.24) is 0 Å². The first kappa shape index (κ1) is 11.4. The van der Waals surface area contributed by atoms with Gasteiger partial charge in [0.1, 0.15) is 5.82 Å². The Bertz CT molecular complexity index is 393. The number of hydrogen-bond donors (Lipinski definition) is 2. The predicted octanol–water partition coefficient (Wildman–Crippen LogP) is 1.28. The maximum atomic E-state index is 13.3. The van der Waals surface area contributed by atoms with Crippen LogP contribution in [0.5, 0.6) is 0 Å². The molecule has 0 spiro atoms. The molecule has 0 radical (unpaired) electrons. The van der Waals surface area contributed by atoms with Gasteiger partial charge in [-0.15, -0.1) is 0 Å². The molecule has 3 nitrogen and oxygen atoms in total. The molecule has 0 saturated carbocycles. The minimum atomic E-state index is -0.703. The quantitative estimate of drug-likeness (QED) is 0.797. The number of β-amino-alcohol motifs (C(OH)–C–C–N with tert-alkyl or cyclic N) is 1. The van der Waals surface area contributed by atoms with E-state index in [1.54, 1.807) is 13.0 Å². The highest BCUT2D eigenvalue weighted by Crippen LogP contribution is 2.27. The summed E-state index contributed by atoms with van der Waals surface area (Å²) in [4.78, 5) is 1.93. The zero-order valence-corrected chi connectivity index (χ0v) is 9.28. The third kappa shape index (κ3) is 2.33. The highest BCUT2D eigenvalue weighted by atomic mass is 19.1. The summed E-state index contributed by atoms with van der Waals surface area (Å²) in [6.45, 7) is 2.82. The molecule has 1 atom stereocenters. The summed E-state index contributed by atoms with van der Waals surface area (Å²) in [6.07, 6.45) is 0.679. The second-order valence-electron chi connectivity index (χ2n) is 4.64. The van der Waals surface area contributed by atoms with Crippen LogP contribution in [0.25, 0.3) is 0 Å². The van der Waals surface area contributed by atoms with Crippen molar-refractivity contribution in [1.29, 1.82) is 0 Å². The number of rotatable bonds is 2. The molecule has 0 aromatic heterocycles. The van der Waals surface area contributed by atoms with E-state index in [2.05, 4.69) is 0 Å². The van der Waals surface area contributed by atoms with E-state index in [0.29, 0.717) is 25.1 Å². The number of anilines is 1. The number of hydrogen-bond acceptors (Lipinski definition) is 3. The number of aliphatic hydroxyl groups is 2. The van der Waals surface area contributed by atoms with E-state index in [1.807, 2.05) is 4.90 Å². The summed E-state index contributed by atoms with van der Waals surface area (Å²) in [5.41, 5.74) is 0.578. The van der Waals surface area contributed by atoms with E-state index in [1.165, 1.54) is 12.1 Å². The first-order chi connectivity index (χ1) is 7.50. The average molecular weight is 225 g/mol. The molecule has 1 aromatic carbocycles. The molecule has 1 fully saturated rings. The molecule has 1 aliphatic heterocycles. The van der Waals surface area contributed by atoms with Crippen molar-refractivity contribution in [2.45, 2.75) is 25.6 Å². The highest BCUT2D eigenvalue weighted by Gasteiger charge is 2.31. The lowest BCUT2D eigenvalue weighted by Gasteiger charge is -2.21. The Morgan fingerprint density at radius 3 is 2.75 bits per heavy atom. The lowest BCUT2D eigenvalue weighted by molar-refractivity contribution is 0.0839. The van der Waals surface area contributed by atoms with Crippen LogP contribution in [0.4, 0.5) is 10.1 Å². The molecular weight excluding hydrogens is 209 g/mol. The fourth-order valence-electron chi connectivity index (χ4n) is 2.07. The van der Waals surface area contributed by atoms with Crippen molar-refractivity contribution in [3.05, 3.63) is 29.6 Å². The molecule has 16 heavy (non-hydrogen) atoms. The molecule has 2 N–H and O–H groups in total. The smallest absolute Gasteiger partial charge is 0.125 e. The third-order valence-electron chi connectivity index (χ3n) is 2.94. The van der Waals surface area contributed by atoms with E-state index < -0.39 is 5.60 Å². The number of benzene rings is 1. The van der Waals surface area contributed by atoms with Gasteiger partial charge in [0, 0.05) is 18.8 Å². The van der Waals surface area contributed by atoms with Crippen LogP contribution in [0.3, 0.4) is 0 Å². The predicted molar refractivity (Wildman–Crippen MR) is 59.8 cm³/mol. The van der Waals surface area contributed by atoms with Crippen LogP contribution < -0.4 is 4.90 Å². The summed E-state index contributed by atoms with van der Waals surface area (Å²) in [5.74, 6) is -0.354. The maximum Gasteiger partial charge on any atom is 0.125 e. The first-order valence-electron chi connectivity index (χ1n) is 5.38. The Morgan fingerprint density at radius 1 is 1.44 bits per heavy atom. The summed E-state index contributed by atoms with van der Waals surface area (Å²) in [7, 11) is 0. The van der Waals surface area contributed by atoms with Gasteiger partial charge in [0.05, 0.1) is 12.2 Å². The van der Waals surface area contributed by atoms with Gasteiger partial charge in [-0.2, -0.15) is 0 Å². The minimum Gasteiger partial charge on any atom is -0.392 e. The van der Waals surface area contributed by atoms with Crippen molar-refractivity contribution in [2.75, 3.05) is 18.0 Å². The second kappa shape index (κ2) is 4.03. The second-order valence-corrected chi connectivity index (χ2v) is 4.64. The molecule has 1 unspecified atom stereocenters. The minimum absolute atomic E-state index is 0.172. The van der Waals surface area contributed by atoms with Gasteiger partial charge in [-0.05, 0) is 37.1 Å². The Kier molecular flexibility index (Phi) is 2.86. The van der Waals surface area contributed by atoms with E-state index in [4.69, 9.17) is 5.11 Å².